The average molecular weight is 276 g/mol. The van der Waals surface area contributed by atoms with Gasteiger partial charge in [-0.1, -0.05) is 20.8 Å². The Hall–Kier alpha value is -0.320. The molecule has 0 aliphatic carbocycles. The van der Waals surface area contributed by atoms with E-state index in [-0.39, 0.29) is 17.6 Å². The maximum absolute atomic E-state index is 6.13. The molecule has 3 nitrogen and oxygen atoms in total. The summed E-state index contributed by atoms with van der Waals surface area (Å²) >= 11 is 3.40. The monoisotopic (exact) mass is 275 g/mol. The Morgan fingerprint density at radius 1 is 1.47 bits per heavy atom. The molecule has 0 saturated carbocycles. The standard InChI is InChI=1S/C11H18BrNO2/c1-11(2,3)10(14-4)8(13)9-7(12)5-6-15-9/h5-6,8,10H,13H2,1-4H3. The van der Waals surface area contributed by atoms with Crippen molar-refractivity contribution in [3.05, 3.63) is 22.6 Å². The first-order valence-electron chi connectivity index (χ1n) is 4.89. The van der Waals surface area contributed by atoms with Crippen LogP contribution in [0.1, 0.15) is 32.6 Å². The van der Waals surface area contributed by atoms with E-state index in [1.165, 1.54) is 0 Å². The molecule has 2 unspecified atom stereocenters. The van der Waals surface area contributed by atoms with E-state index < -0.39 is 0 Å². The highest BCUT2D eigenvalue weighted by Crippen LogP contribution is 2.34. The largest absolute Gasteiger partial charge is 0.466 e. The molecule has 1 aromatic rings. The van der Waals surface area contributed by atoms with E-state index in [1.807, 2.05) is 6.07 Å². The van der Waals surface area contributed by atoms with Crippen LogP contribution in [-0.4, -0.2) is 13.2 Å². The summed E-state index contributed by atoms with van der Waals surface area (Å²) in [7, 11) is 1.67. The molecule has 1 heterocycles. The number of ether oxygens (including phenoxy) is 1. The predicted octanol–water partition coefficient (Wildman–Crippen LogP) is 3.10. The summed E-state index contributed by atoms with van der Waals surface area (Å²) in [5.74, 6) is 0.733. The van der Waals surface area contributed by atoms with Gasteiger partial charge in [0, 0.05) is 7.11 Å². The average Bonchev–Trinajstić information content (AvgIpc) is 2.49. The van der Waals surface area contributed by atoms with Crippen molar-refractivity contribution in [1.82, 2.24) is 0 Å². The number of hydrogen-bond acceptors (Lipinski definition) is 3. The van der Waals surface area contributed by atoms with Gasteiger partial charge in [0.05, 0.1) is 22.9 Å². The van der Waals surface area contributed by atoms with E-state index in [9.17, 15) is 0 Å². The van der Waals surface area contributed by atoms with Gasteiger partial charge in [-0.25, -0.2) is 0 Å². The molecule has 0 aromatic carbocycles. The van der Waals surface area contributed by atoms with Crippen molar-refractivity contribution in [3.8, 4) is 0 Å². The van der Waals surface area contributed by atoms with Gasteiger partial charge in [-0.3, -0.25) is 0 Å². The van der Waals surface area contributed by atoms with E-state index in [1.54, 1.807) is 13.4 Å². The van der Waals surface area contributed by atoms with Crippen molar-refractivity contribution in [3.63, 3.8) is 0 Å². The first-order valence-corrected chi connectivity index (χ1v) is 5.68. The van der Waals surface area contributed by atoms with Gasteiger partial charge in [0.25, 0.3) is 0 Å². The highest BCUT2D eigenvalue weighted by molar-refractivity contribution is 9.10. The van der Waals surface area contributed by atoms with Crippen LogP contribution in [0.4, 0.5) is 0 Å². The molecule has 1 aromatic heterocycles. The lowest BCUT2D eigenvalue weighted by molar-refractivity contribution is -0.00718. The molecule has 0 bridgehead atoms. The van der Waals surface area contributed by atoms with E-state index in [4.69, 9.17) is 14.9 Å². The molecule has 1 rings (SSSR count). The Morgan fingerprint density at radius 3 is 2.40 bits per heavy atom. The summed E-state index contributed by atoms with van der Waals surface area (Å²) in [4.78, 5) is 0. The Morgan fingerprint density at radius 2 is 2.07 bits per heavy atom. The summed E-state index contributed by atoms with van der Waals surface area (Å²) in [6, 6.07) is 1.57. The van der Waals surface area contributed by atoms with Crippen LogP contribution in [0.5, 0.6) is 0 Å². The molecule has 0 aliphatic heterocycles. The van der Waals surface area contributed by atoms with Crippen molar-refractivity contribution in [2.45, 2.75) is 32.9 Å². The number of methoxy groups -OCH3 is 1. The summed E-state index contributed by atoms with van der Waals surface area (Å²) < 4.78 is 11.7. The minimum Gasteiger partial charge on any atom is -0.466 e. The maximum Gasteiger partial charge on any atom is 0.137 e. The fourth-order valence-electron chi connectivity index (χ4n) is 1.72. The first-order chi connectivity index (χ1) is 6.88. The summed E-state index contributed by atoms with van der Waals surface area (Å²) in [6.07, 6.45) is 1.54. The smallest absolute Gasteiger partial charge is 0.137 e. The molecular weight excluding hydrogens is 258 g/mol. The van der Waals surface area contributed by atoms with Crippen LogP contribution in [-0.2, 0) is 4.74 Å². The molecule has 15 heavy (non-hydrogen) atoms. The number of rotatable bonds is 3. The van der Waals surface area contributed by atoms with Gasteiger partial charge >= 0.3 is 0 Å². The molecule has 0 saturated heterocycles. The van der Waals surface area contributed by atoms with Gasteiger partial charge in [0.1, 0.15) is 5.76 Å². The highest BCUT2D eigenvalue weighted by Gasteiger charge is 2.33. The van der Waals surface area contributed by atoms with Crippen LogP contribution in [0.3, 0.4) is 0 Å². The van der Waals surface area contributed by atoms with Crippen molar-refractivity contribution >= 4 is 15.9 Å². The fourth-order valence-corrected chi connectivity index (χ4v) is 2.19. The minimum absolute atomic E-state index is 0.0274. The maximum atomic E-state index is 6.13. The Kier molecular flexibility index (Phi) is 3.98. The number of nitrogens with two attached hydrogens (primary N) is 1. The first kappa shape index (κ1) is 12.7. The van der Waals surface area contributed by atoms with Crippen molar-refractivity contribution < 1.29 is 9.15 Å². The van der Waals surface area contributed by atoms with Crippen molar-refractivity contribution in [2.24, 2.45) is 11.1 Å². The second kappa shape index (κ2) is 4.68. The normalized spacial score (nSPS) is 16.4. The summed E-state index contributed by atoms with van der Waals surface area (Å²) in [5, 5.41) is 0. The molecule has 0 amide bonds. The number of furan rings is 1. The molecule has 0 radical (unpaired) electrons. The van der Waals surface area contributed by atoms with Gasteiger partial charge < -0.3 is 14.9 Å². The van der Waals surface area contributed by atoms with Crippen molar-refractivity contribution in [1.29, 1.82) is 0 Å². The van der Waals surface area contributed by atoms with E-state index in [2.05, 4.69) is 36.7 Å². The van der Waals surface area contributed by atoms with Crippen LogP contribution >= 0.6 is 15.9 Å². The van der Waals surface area contributed by atoms with E-state index in [0.717, 1.165) is 10.2 Å². The third-order valence-electron chi connectivity index (χ3n) is 2.38. The van der Waals surface area contributed by atoms with Gasteiger partial charge in [-0.2, -0.15) is 0 Å². The van der Waals surface area contributed by atoms with Gasteiger partial charge in [0.2, 0.25) is 0 Å². The quantitative estimate of drug-likeness (QED) is 0.922. The molecule has 2 N–H and O–H groups in total. The fraction of sp³-hybridized carbons (Fsp3) is 0.636. The molecule has 2 atom stereocenters. The Bertz CT molecular complexity index is 317. The summed E-state index contributed by atoms with van der Waals surface area (Å²) in [6.45, 7) is 6.29. The third-order valence-corrected chi connectivity index (χ3v) is 3.04. The highest BCUT2D eigenvalue weighted by atomic mass is 79.9. The molecule has 0 spiro atoms. The van der Waals surface area contributed by atoms with Gasteiger partial charge in [0.15, 0.2) is 0 Å². The Balaban J connectivity index is 2.92. The summed E-state index contributed by atoms with van der Waals surface area (Å²) in [5.41, 5.74) is 6.11. The number of halogens is 1. The molecule has 0 fully saturated rings. The van der Waals surface area contributed by atoms with Crippen LogP contribution in [0.2, 0.25) is 0 Å². The zero-order valence-corrected chi connectivity index (χ0v) is 11.2. The van der Waals surface area contributed by atoms with Gasteiger partial charge in [-0.15, -0.1) is 0 Å². The number of hydrogen-bond donors (Lipinski definition) is 1. The van der Waals surface area contributed by atoms with Crippen molar-refractivity contribution in [2.75, 3.05) is 7.11 Å². The van der Waals surface area contributed by atoms with Gasteiger partial charge in [-0.05, 0) is 27.4 Å². The molecule has 4 heteroatoms. The topological polar surface area (TPSA) is 48.4 Å². The Labute approximate surface area is 99.1 Å². The minimum atomic E-state index is -0.264. The predicted molar refractivity (Wildman–Crippen MR) is 63.6 cm³/mol. The van der Waals surface area contributed by atoms with E-state index >= 15 is 0 Å². The SMILES string of the molecule is COC(C(N)c1occc1Br)C(C)(C)C. The second-order valence-corrected chi connectivity index (χ2v) is 5.54. The molecular formula is C11H18BrNO2. The lowest BCUT2D eigenvalue weighted by atomic mass is 9.84. The van der Waals surface area contributed by atoms with Crippen LogP contribution in [0, 0.1) is 5.41 Å². The zero-order valence-electron chi connectivity index (χ0n) is 9.58. The molecule has 0 aliphatic rings. The lowest BCUT2D eigenvalue weighted by Gasteiger charge is -2.33. The third kappa shape index (κ3) is 2.83. The zero-order chi connectivity index (χ0) is 11.6. The van der Waals surface area contributed by atoms with Crippen LogP contribution < -0.4 is 5.73 Å². The molecule has 86 valence electrons. The second-order valence-electron chi connectivity index (χ2n) is 4.68. The lowest BCUT2D eigenvalue weighted by Crippen LogP contribution is -2.38. The van der Waals surface area contributed by atoms with Crippen LogP contribution in [0.15, 0.2) is 21.2 Å². The van der Waals surface area contributed by atoms with E-state index in [0.29, 0.717) is 0 Å². The van der Waals surface area contributed by atoms with Crippen LogP contribution in [0.25, 0.3) is 0 Å².